The molecule has 0 aromatic heterocycles. The summed E-state index contributed by atoms with van der Waals surface area (Å²) < 4.78 is 0. The zero-order valence-electron chi connectivity index (χ0n) is 5.07. The van der Waals surface area contributed by atoms with Crippen molar-refractivity contribution < 1.29 is 0 Å². The lowest BCUT2D eigenvalue weighted by molar-refractivity contribution is 0.428. The molecule has 2 radical (unpaired) electrons. The van der Waals surface area contributed by atoms with Gasteiger partial charge in [0.1, 0.15) is 0 Å². The van der Waals surface area contributed by atoms with Crippen LogP contribution in [0.25, 0.3) is 0 Å². The number of hydrogen-bond acceptors (Lipinski definition) is 1. The molecule has 0 amide bonds. The van der Waals surface area contributed by atoms with Crippen molar-refractivity contribution in [2.75, 3.05) is 6.54 Å². The second kappa shape index (κ2) is 2.36. The molecule has 0 aromatic carbocycles. The molecule has 0 aliphatic heterocycles. The highest BCUT2D eigenvalue weighted by Gasteiger charge is 2.09. The molecule has 0 aliphatic rings. The quantitative estimate of drug-likeness (QED) is 0.500. The highest BCUT2D eigenvalue weighted by molar-refractivity contribution is 6.08. The molecule has 0 rings (SSSR count). The minimum Gasteiger partial charge on any atom is -0.330 e. The molecule has 0 aromatic rings. The van der Waals surface area contributed by atoms with Crippen molar-refractivity contribution in [2.45, 2.75) is 20.2 Å². The van der Waals surface area contributed by atoms with Gasteiger partial charge in [-0.15, -0.1) is 0 Å². The van der Waals surface area contributed by atoms with Crippen molar-refractivity contribution in [1.82, 2.24) is 0 Å². The summed E-state index contributed by atoms with van der Waals surface area (Å²) in [5.74, 6) is 0. The summed E-state index contributed by atoms with van der Waals surface area (Å²) in [6.45, 7) is 4.77. The summed E-state index contributed by atoms with van der Waals surface area (Å²) in [7, 11) is 5.34. The first-order valence-electron chi connectivity index (χ1n) is 2.52. The van der Waals surface area contributed by atoms with Crippen LogP contribution in [0.4, 0.5) is 0 Å². The molecule has 1 nitrogen and oxygen atoms in total. The SMILES string of the molecule is [B]CC(C)(C)CN. The van der Waals surface area contributed by atoms with Crippen molar-refractivity contribution in [3.05, 3.63) is 0 Å². The van der Waals surface area contributed by atoms with Gasteiger partial charge in [0.2, 0.25) is 0 Å². The topological polar surface area (TPSA) is 26.0 Å². The Morgan fingerprint density at radius 3 is 2.00 bits per heavy atom. The Bertz CT molecular complexity index is 46.0. The van der Waals surface area contributed by atoms with Crippen molar-refractivity contribution >= 4 is 7.85 Å². The van der Waals surface area contributed by atoms with E-state index in [1.54, 1.807) is 0 Å². The van der Waals surface area contributed by atoms with Crippen molar-refractivity contribution in [3.8, 4) is 0 Å². The van der Waals surface area contributed by atoms with Crippen LogP contribution in [0.5, 0.6) is 0 Å². The van der Waals surface area contributed by atoms with E-state index < -0.39 is 0 Å². The second-order valence-corrected chi connectivity index (χ2v) is 2.57. The van der Waals surface area contributed by atoms with E-state index in [1.807, 2.05) is 13.8 Å². The number of nitrogens with two attached hydrogens (primary N) is 1. The molecule has 0 spiro atoms. The molecular formula is C5H12BN. The van der Waals surface area contributed by atoms with Crippen LogP contribution in [0.3, 0.4) is 0 Å². The van der Waals surface area contributed by atoms with Crippen LogP contribution in [-0.2, 0) is 0 Å². The second-order valence-electron chi connectivity index (χ2n) is 2.57. The summed E-state index contributed by atoms with van der Waals surface area (Å²) in [5.41, 5.74) is 5.48. The Labute approximate surface area is 46.7 Å². The summed E-state index contributed by atoms with van der Waals surface area (Å²) in [5, 5.41) is 0. The number of hydrogen-bond donors (Lipinski definition) is 1. The van der Waals surface area contributed by atoms with Crippen LogP contribution in [0.15, 0.2) is 0 Å². The van der Waals surface area contributed by atoms with Crippen LogP contribution >= 0.6 is 0 Å². The first-order valence-corrected chi connectivity index (χ1v) is 2.52. The lowest BCUT2D eigenvalue weighted by Gasteiger charge is -2.18. The van der Waals surface area contributed by atoms with Crippen molar-refractivity contribution in [2.24, 2.45) is 11.1 Å². The largest absolute Gasteiger partial charge is 0.330 e. The molecule has 7 heavy (non-hydrogen) atoms. The van der Waals surface area contributed by atoms with Crippen LogP contribution in [0.2, 0.25) is 6.32 Å². The molecule has 0 saturated heterocycles. The summed E-state index contributed by atoms with van der Waals surface area (Å²) in [6.07, 6.45) is 0.670. The Morgan fingerprint density at radius 2 is 2.00 bits per heavy atom. The molecule has 0 bridgehead atoms. The Hall–Kier alpha value is 0.0249. The Morgan fingerprint density at radius 1 is 1.57 bits per heavy atom. The standard InChI is InChI=1S/C5H12BN/c1-5(2,3-6)4-7/h3-4,7H2,1-2H3. The fourth-order valence-electron chi connectivity index (χ4n) is 0.0833. The third-order valence-corrected chi connectivity index (χ3v) is 1.11. The molecule has 2 heteroatoms. The van der Waals surface area contributed by atoms with Crippen LogP contribution in [-0.4, -0.2) is 14.4 Å². The predicted octanol–water partition coefficient (Wildman–Crippen LogP) is 0.558. The van der Waals surface area contributed by atoms with Gasteiger partial charge in [-0.05, 0) is 12.0 Å². The van der Waals surface area contributed by atoms with E-state index >= 15 is 0 Å². The van der Waals surface area contributed by atoms with E-state index in [0.29, 0.717) is 12.9 Å². The third-order valence-electron chi connectivity index (χ3n) is 1.11. The van der Waals surface area contributed by atoms with Gasteiger partial charge in [0.15, 0.2) is 0 Å². The number of rotatable bonds is 2. The average Bonchev–Trinajstić information content (AvgIpc) is 1.68. The monoisotopic (exact) mass is 97.1 g/mol. The predicted molar refractivity (Wildman–Crippen MR) is 33.4 cm³/mol. The van der Waals surface area contributed by atoms with E-state index in [-0.39, 0.29) is 5.41 Å². The highest BCUT2D eigenvalue weighted by atomic mass is 14.6. The molecule has 2 N–H and O–H groups in total. The van der Waals surface area contributed by atoms with Crippen molar-refractivity contribution in [1.29, 1.82) is 0 Å². The maximum Gasteiger partial charge on any atom is 0.0660 e. The van der Waals surface area contributed by atoms with Crippen LogP contribution in [0, 0.1) is 5.41 Å². The maximum atomic E-state index is 5.34. The fourth-order valence-corrected chi connectivity index (χ4v) is 0.0833. The van der Waals surface area contributed by atoms with Crippen LogP contribution in [0.1, 0.15) is 13.8 Å². The highest BCUT2D eigenvalue weighted by Crippen LogP contribution is 2.15. The fraction of sp³-hybridized carbons (Fsp3) is 1.00. The average molecular weight is 97.0 g/mol. The van der Waals surface area contributed by atoms with Gasteiger partial charge in [-0.2, -0.15) is 0 Å². The maximum absolute atomic E-state index is 5.34. The lowest BCUT2D eigenvalue weighted by atomic mass is 9.79. The zero-order valence-corrected chi connectivity index (χ0v) is 5.07. The molecule has 40 valence electrons. The molecule has 0 fully saturated rings. The molecule has 0 heterocycles. The van der Waals surface area contributed by atoms with E-state index in [0.717, 1.165) is 0 Å². The summed E-state index contributed by atoms with van der Waals surface area (Å²) in [6, 6.07) is 0. The van der Waals surface area contributed by atoms with Gasteiger partial charge in [0.25, 0.3) is 0 Å². The van der Waals surface area contributed by atoms with Gasteiger partial charge in [0, 0.05) is 0 Å². The minimum absolute atomic E-state index is 0.139. The first-order chi connectivity index (χ1) is 3.12. The molecule has 0 saturated carbocycles. The Balaban J connectivity index is 3.36. The van der Waals surface area contributed by atoms with Gasteiger partial charge in [-0.3, -0.25) is 0 Å². The smallest absolute Gasteiger partial charge is 0.0660 e. The lowest BCUT2D eigenvalue weighted by Crippen LogP contribution is -2.22. The van der Waals surface area contributed by atoms with Gasteiger partial charge < -0.3 is 5.73 Å². The molecule has 0 atom stereocenters. The van der Waals surface area contributed by atoms with E-state index in [9.17, 15) is 0 Å². The Kier molecular flexibility index (Phi) is 2.37. The normalized spacial score (nSPS) is 11.9. The summed E-state index contributed by atoms with van der Waals surface area (Å²) in [4.78, 5) is 0. The molecule has 0 aliphatic carbocycles. The van der Waals surface area contributed by atoms with Gasteiger partial charge in [0.05, 0.1) is 7.85 Å². The summed E-state index contributed by atoms with van der Waals surface area (Å²) >= 11 is 0. The third kappa shape index (κ3) is 2.69. The van der Waals surface area contributed by atoms with E-state index in [2.05, 4.69) is 0 Å². The molecule has 0 unspecified atom stereocenters. The minimum atomic E-state index is 0.139. The van der Waals surface area contributed by atoms with Gasteiger partial charge in [-0.1, -0.05) is 20.2 Å². The van der Waals surface area contributed by atoms with Gasteiger partial charge >= 0.3 is 0 Å². The van der Waals surface area contributed by atoms with E-state index in [1.165, 1.54) is 0 Å². The van der Waals surface area contributed by atoms with Gasteiger partial charge in [-0.25, -0.2) is 0 Å². The van der Waals surface area contributed by atoms with Crippen LogP contribution < -0.4 is 5.73 Å². The molecular weight excluding hydrogens is 84.9 g/mol. The van der Waals surface area contributed by atoms with E-state index in [4.69, 9.17) is 13.6 Å². The van der Waals surface area contributed by atoms with Crippen molar-refractivity contribution in [3.63, 3.8) is 0 Å². The zero-order chi connectivity index (χ0) is 5.91. The first kappa shape index (κ1) is 7.02.